The molecule has 28 heavy (non-hydrogen) atoms. The first kappa shape index (κ1) is 20.4. The zero-order chi connectivity index (χ0) is 20.3. The van der Waals surface area contributed by atoms with Crippen LogP contribution in [0.3, 0.4) is 0 Å². The van der Waals surface area contributed by atoms with Crippen molar-refractivity contribution in [3.63, 3.8) is 0 Å². The standard InChI is InChI=1S/C21H17Cl2NO3S/c1-12-13(2)18(9-5-14(12)6-10-19(25)26)27-11-17-20(28-24-21(17)23)15-3-7-16(22)8-4-15/h3-10H,11H2,1-2H3,(H,25,26)/b10-6+. The van der Waals surface area contributed by atoms with Crippen LogP contribution < -0.4 is 4.74 Å². The fourth-order valence-electron chi connectivity index (χ4n) is 2.71. The van der Waals surface area contributed by atoms with E-state index >= 15 is 0 Å². The van der Waals surface area contributed by atoms with Crippen LogP contribution in [0.2, 0.25) is 10.2 Å². The summed E-state index contributed by atoms with van der Waals surface area (Å²) < 4.78 is 10.3. The minimum absolute atomic E-state index is 0.276. The van der Waals surface area contributed by atoms with Crippen molar-refractivity contribution >= 4 is 46.8 Å². The molecule has 0 aliphatic rings. The van der Waals surface area contributed by atoms with Crippen molar-refractivity contribution in [1.82, 2.24) is 4.37 Å². The van der Waals surface area contributed by atoms with Crippen molar-refractivity contribution in [3.8, 4) is 16.2 Å². The van der Waals surface area contributed by atoms with E-state index in [0.29, 0.717) is 15.9 Å². The van der Waals surface area contributed by atoms with E-state index in [1.54, 1.807) is 6.08 Å². The number of benzene rings is 2. The first-order valence-electron chi connectivity index (χ1n) is 8.41. The lowest BCUT2D eigenvalue weighted by molar-refractivity contribution is -0.131. The molecule has 0 aliphatic heterocycles. The summed E-state index contributed by atoms with van der Waals surface area (Å²) in [6.45, 7) is 4.15. The highest BCUT2D eigenvalue weighted by atomic mass is 35.5. The summed E-state index contributed by atoms with van der Waals surface area (Å²) in [5.41, 5.74) is 4.54. The summed E-state index contributed by atoms with van der Waals surface area (Å²) in [4.78, 5) is 11.7. The van der Waals surface area contributed by atoms with Crippen LogP contribution in [0, 0.1) is 13.8 Å². The molecule has 3 rings (SSSR count). The fourth-order valence-corrected chi connectivity index (χ4v) is 3.93. The predicted molar refractivity (Wildman–Crippen MR) is 114 cm³/mol. The lowest BCUT2D eigenvalue weighted by Crippen LogP contribution is -2.00. The minimum atomic E-state index is -0.980. The Labute approximate surface area is 177 Å². The van der Waals surface area contributed by atoms with Crippen molar-refractivity contribution in [1.29, 1.82) is 0 Å². The van der Waals surface area contributed by atoms with E-state index in [1.807, 2.05) is 50.2 Å². The first-order valence-corrected chi connectivity index (χ1v) is 9.93. The van der Waals surface area contributed by atoms with Gasteiger partial charge in [-0.05, 0) is 71.9 Å². The number of aliphatic carboxylic acids is 1. The van der Waals surface area contributed by atoms with Crippen LogP contribution in [0.25, 0.3) is 16.5 Å². The molecule has 0 amide bonds. The van der Waals surface area contributed by atoms with E-state index in [1.165, 1.54) is 11.5 Å². The van der Waals surface area contributed by atoms with E-state index in [9.17, 15) is 4.79 Å². The Hall–Kier alpha value is -2.34. The maximum Gasteiger partial charge on any atom is 0.328 e. The number of carboxylic acid groups (broad SMARTS) is 1. The minimum Gasteiger partial charge on any atom is -0.488 e. The van der Waals surface area contributed by atoms with Crippen LogP contribution >= 0.6 is 34.7 Å². The van der Waals surface area contributed by atoms with Crippen LogP contribution in [0.4, 0.5) is 0 Å². The molecule has 1 aromatic heterocycles. The molecular weight excluding hydrogens is 417 g/mol. The SMILES string of the molecule is Cc1c(/C=C/C(=O)O)ccc(OCc2c(Cl)nsc2-c2ccc(Cl)cc2)c1C. The third-order valence-electron chi connectivity index (χ3n) is 4.40. The van der Waals surface area contributed by atoms with Gasteiger partial charge in [-0.1, -0.05) is 41.4 Å². The summed E-state index contributed by atoms with van der Waals surface area (Å²) in [7, 11) is 0. The summed E-state index contributed by atoms with van der Waals surface area (Å²) in [6, 6.07) is 11.2. The van der Waals surface area contributed by atoms with Gasteiger partial charge in [-0.15, -0.1) is 0 Å². The number of hydrogen-bond donors (Lipinski definition) is 1. The average Bonchev–Trinajstić information content (AvgIpc) is 3.03. The lowest BCUT2D eigenvalue weighted by atomic mass is 10.0. The van der Waals surface area contributed by atoms with Crippen molar-refractivity contribution in [2.75, 3.05) is 0 Å². The Bertz CT molecular complexity index is 1040. The lowest BCUT2D eigenvalue weighted by Gasteiger charge is -2.13. The number of carbonyl (C=O) groups is 1. The molecule has 1 N–H and O–H groups in total. The molecule has 4 nitrogen and oxygen atoms in total. The van der Waals surface area contributed by atoms with Crippen LogP contribution in [0.15, 0.2) is 42.5 Å². The Morgan fingerprint density at radius 3 is 2.54 bits per heavy atom. The summed E-state index contributed by atoms with van der Waals surface area (Å²) in [5, 5.41) is 9.89. The highest BCUT2D eigenvalue weighted by Crippen LogP contribution is 2.35. The van der Waals surface area contributed by atoms with Gasteiger partial charge in [-0.3, -0.25) is 0 Å². The molecule has 0 aliphatic carbocycles. The topological polar surface area (TPSA) is 59.4 Å². The van der Waals surface area contributed by atoms with Crippen LogP contribution in [-0.4, -0.2) is 15.4 Å². The molecule has 0 fully saturated rings. The van der Waals surface area contributed by atoms with Crippen molar-refractivity contribution in [3.05, 3.63) is 74.9 Å². The molecule has 2 aromatic carbocycles. The molecule has 0 radical (unpaired) electrons. The second-order valence-corrected chi connectivity index (χ2v) is 7.72. The number of halogens is 2. The van der Waals surface area contributed by atoms with Crippen molar-refractivity contribution in [2.24, 2.45) is 0 Å². The fraction of sp³-hybridized carbons (Fsp3) is 0.143. The third-order valence-corrected chi connectivity index (χ3v) is 6.01. The van der Waals surface area contributed by atoms with Crippen LogP contribution in [-0.2, 0) is 11.4 Å². The van der Waals surface area contributed by atoms with Crippen molar-refractivity contribution in [2.45, 2.75) is 20.5 Å². The zero-order valence-corrected chi connectivity index (χ0v) is 17.5. The molecule has 0 unspecified atom stereocenters. The Morgan fingerprint density at radius 2 is 1.86 bits per heavy atom. The largest absolute Gasteiger partial charge is 0.488 e. The molecule has 144 valence electrons. The number of ether oxygens (including phenoxy) is 1. The molecule has 0 spiro atoms. The van der Waals surface area contributed by atoms with Gasteiger partial charge < -0.3 is 9.84 Å². The van der Waals surface area contributed by atoms with E-state index in [2.05, 4.69) is 4.37 Å². The van der Waals surface area contributed by atoms with Crippen LogP contribution in [0.5, 0.6) is 5.75 Å². The van der Waals surface area contributed by atoms with E-state index in [-0.39, 0.29) is 6.61 Å². The number of nitrogens with zero attached hydrogens (tertiary/aromatic N) is 1. The average molecular weight is 434 g/mol. The van der Waals surface area contributed by atoms with Gasteiger partial charge in [-0.2, -0.15) is 4.37 Å². The molecule has 0 bridgehead atoms. The second-order valence-electron chi connectivity index (χ2n) is 6.15. The molecule has 3 aromatic rings. The quantitative estimate of drug-likeness (QED) is 0.456. The molecule has 7 heteroatoms. The van der Waals surface area contributed by atoms with Gasteiger partial charge in [0.05, 0.1) is 4.88 Å². The van der Waals surface area contributed by atoms with Crippen LogP contribution in [0.1, 0.15) is 22.3 Å². The van der Waals surface area contributed by atoms with Gasteiger partial charge in [0.2, 0.25) is 0 Å². The van der Waals surface area contributed by atoms with E-state index < -0.39 is 5.97 Å². The Balaban J connectivity index is 1.83. The predicted octanol–water partition coefficient (Wildman–Crippen LogP) is 6.41. The highest BCUT2D eigenvalue weighted by Gasteiger charge is 2.16. The van der Waals surface area contributed by atoms with Gasteiger partial charge >= 0.3 is 5.97 Å². The summed E-state index contributed by atoms with van der Waals surface area (Å²) in [6.07, 6.45) is 2.70. The molecule has 1 heterocycles. The Morgan fingerprint density at radius 1 is 1.14 bits per heavy atom. The molecule has 0 saturated carbocycles. The maximum absolute atomic E-state index is 10.7. The number of rotatable bonds is 6. The number of hydrogen-bond acceptors (Lipinski definition) is 4. The highest BCUT2D eigenvalue weighted by molar-refractivity contribution is 7.10. The molecule has 0 saturated heterocycles. The summed E-state index contributed by atoms with van der Waals surface area (Å²) >= 11 is 13.6. The normalized spacial score (nSPS) is 11.1. The van der Waals surface area contributed by atoms with Gasteiger partial charge in [0.1, 0.15) is 17.5 Å². The van der Waals surface area contributed by atoms with E-state index in [4.69, 9.17) is 33.0 Å². The van der Waals surface area contributed by atoms with Gasteiger partial charge in [0.15, 0.2) is 0 Å². The van der Waals surface area contributed by atoms with Gasteiger partial charge in [0.25, 0.3) is 0 Å². The van der Waals surface area contributed by atoms with Gasteiger partial charge in [0, 0.05) is 16.7 Å². The second kappa shape index (κ2) is 8.78. The number of aromatic nitrogens is 1. The van der Waals surface area contributed by atoms with Gasteiger partial charge in [-0.25, -0.2) is 4.79 Å². The zero-order valence-electron chi connectivity index (χ0n) is 15.2. The first-order chi connectivity index (χ1) is 13.4. The number of carboxylic acids is 1. The Kier molecular flexibility index (Phi) is 6.39. The monoisotopic (exact) mass is 433 g/mol. The maximum atomic E-state index is 10.7. The summed E-state index contributed by atoms with van der Waals surface area (Å²) in [5.74, 6) is -0.263. The molecular formula is C21H17Cl2NO3S. The third kappa shape index (κ3) is 4.55. The smallest absolute Gasteiger partial charge is 0.328 e. The van der Waals surface area contributed by atoms with Crippen molar-refractivity contribution < 1.29 is 14.6 Å². The molecule has 0 atom stereocenters. The van der Waals surface area contributed by atoms with E-state index in [0.717, 1.165) is 38.8 Å².